The average molecular weight is 569 g/mol. The number of fused-ring (bicyclic) bond motifs is 1. The quantitative estimate of drug-likeness (QED) is 0.205. The minimum Gasteiger partial charge on any atom is -0.304 e. The molecule has 5 aromatic rings. The summed E-state index contributed by atoms with van der Waals surface area (Å²) >= 11 is 5.84. The third-order valence-electron chi connectivity index (χ3n) is 5.50. The number of anilines is 1. The summed E-state index contributed by atoms with van der Waals surface area (Å²) in [6.07, 6.45) is -3.69. The van der Waals surface area contributed by atoms with Crippen LogP contribution in [0.2, 0.25) is 5.02 Å². The number of nitrogens with zero attached hydrogens (tertiary/aromatic N) is 5. The van der Waals surface area contributed by atoms with E-state index in [0.717, 1.165) is 23.0 Å². The molecule has 1 N–H and O–H groups in total. The van der Waals surface area contributed by atoms with Gasteiger partial charge in [0.15, 0.2) is 46.1 Å². The van der Waals surface area contributed by atoms with Gasteiger partial charge in [0, 0.05) is 35.0 Å². The van der Waals surface area contributed by atoms with E-state index in [1.807, 2.05) is 0 Å². The topological polar surface area (TPSA) is 77.1 Å². The lowest BCUT2D eigenvalue weighted by Crippen LogP contribution is -2.16. The highest BCUT2D eigenvalue weighted by Gasteiger charge is 2.35. The monoisotopic (exact) mass is 568 g/mol. The summed E-state index contributed by atoms with van der Waals surface area (Å²) in [4.78, 5) is 16.9. The molecule has 0 aliphatic rings. The summed E-state index contributed by atoms with van der Waals surface area (Å²) in [7, 11) is 0. The number of halogens is 8. The van der Waals surface area contributed by atoms with Gasteiger partial charge in [0.1, 0.15) is 0 Å². The molecule has 39 heavy (non-hydrogen) atoms. The molecule has 0 aliphatic heterocycles. The van der Waals surface area contributed by atoms with Crippen molar-refractivity contribution < 1.29 is 35.5 Å². The van der Waals surface area contributed by atoms with E-state index in [1.165, 1.54) is 30.3 Å². The third-order valence-corrected chi connectivity index (χ3v) is 5.75. The molecule has 7 nitrogen and oxygen atoms in total. The Balaban J connectivity index is 1.43. The summed E-state index contributed by atoms with van der Waals surface area (Å²) in [6.45, 7) is -0.719. The van der Waals surface area contributed by atoms with Crippen LogP contribution in [-0.2, 0) is 12.7 Å². The maximum Gasteiger partial charge on any atom is 0.433 e. The Bertz CT molecular complexity index is 1700. The van der Waals surface area contributed by atoms with Gasteiger partial charge in [-0.05, 0) is 18.2 Å². The molecule has 0 atom stereocenters. The van der Waals surface area contributed by atoms with Crippen molar-refractivity contribution in [3.63, 3.8) is 0 Å². The highest BCUT2D eigenvalue weighted by Crippen LogP contribution is 2.32. The van der Waals surface area contributed by atoms with Crippen molar-refractivity contribution in [3.05, 3.63) is 100.0 Å². The van der Waals surface area contributed by atoms with Gasteiger partial charge in [-0.1, -0.05) is 23.7 Å². The number of benzene rings is 2. The number of carbonyl (C=O) groups excluding carboxylic acids is 1. The molecule has 0 saturated carbocycles. The van der Waals surface area contributed by atoms with Crippen molar-refractivity contribution in [3.8, 4) is 11.3 Å². The zero-order chi connectivity index (χ0) is 28.1. The second-order valence-corrected chi connectivity index (χ2v) is 8.57. The Hall–Kier alpha value is -4.46. The number of carbonyl (C=O) groups is 1. The first kappa shape index (κ1) is 26.2. The molecule has 200 valence electrons. The first-order valence-corrected chi connectivity index (χ1v) is 11.2. The van der Waals surface area contributed by atoms with E-state index in [9.17, 15) is 35.5 Å². The molecule has 0 saturated heterocycles. The molecular formula is C24H12ClF7N6O. The van der Waals surface area contributed by atoms with Crippen LogP contribution < -0.4 is 5.32 Å². The van der Waals surface area contributed by atoms with E-state index in [4.69, 9.17) is 11.6 Å². The van der Waals surface area contributed by atoms with Crippen LogP contribution in [0.25, 0.3) is 16.9 Å². The van der Waals surface area contributed by atoms with Crippen LogP contribution in [0, 0.1) is 23.3 Å². The highest BCUT2D eigenvalue weighted by atomic mass is 35.5. The van der Waals surface area contributed by atoms with Crippen LogP contribution in [0.4, 0.5) is 36.6 Å². The molecule has 0 fully saturated rings. The standard InChI is InChI=1S/C24H12ClF7N6O/c25-12-3-1-11(2-4-12)16-8-18(24(30,31)32)38-20(33-16)9-17(35-38)23(39)34-19-5-6-37(36-19)10-13-21(28)14(26)7-15(27)22(13)29/h1-9H,10H2,(H,34,36,39). The van der Waals surface area contributed by atoms with Gasteiger partial charge in [0.2, 0.25) is 0 Å². The normalized spacial score (nSPS) is 11.8. The first-order chi connectivity index (χ1) is 18.4. The van der Waals surface area contributed by atoms with Crippen LogP contribution in [0.5, 0.6) is 0 Å². The molecule has 0 bridgehead atoms. The van der Waals surface area contributed by atoms with Crippen molar-refractivity contribution in [2.45, 2.75) is 12.7 Å². The molecule has 0 unspecified atom stereocenters. The summed E-state index contributed by atoms with van der Waals surface area (Å²) < 4.78 is 97.6. The zero-order valence-electron chi connectivity index (χ0n) is 19.1. The Morgan fingerprint density at radius 1 is 0.923 bits per heavy atom. The second kappa shape index (κ2) is 9.69. The lowest BCUT2D eigenvalue weighted by Gasteiger charge is -2.11. The van der Waals surface area contributed by atoms with Gasteiger partial charge in [-0.15, -0.1) is 0 Å². The number of aromatic nitrogens is 5. The lowest BCUT2D eigenvalue weighted by molar-refractivity contribution is -0.142. The minimum absolute atomic E-state index is 0.0367. The maximum absolute atomic E-state index is 13.9. The molecule has 3 aromatic heterocycles. The van der Waals surface area contributed by atoms with Crippen molar-refractivity contribution >= 4 is 29.0 Å². The summed E-state index contributed by atoms with van der Waals surface area (Å²) in [5, 5.41) is 10.2. The summed E-state index contributed by atoms with van der Waals surface area (Å²) in [5.74, 6) is -7.55. The van der Waals surface area contributed by atoms with E-state index >= 15 is 0 Å². The number of rotatable bonds is 5. The molecule has 1 amide bonds. The SMILES string of the molecule is O=C(Nc1ccn(Cc2c(F)c(F)cc(F)c2F)n1)c1cc2nc(-c3ccc(Cl)cc3)cc(C(F)(F)F)n2n1. The largest absolute Gasteiger partial charge is 0.433 e. The first-order valence-electron chi connectivity index (χ1n) is 10.8. The van der Waals surface area contributed by atoms with Crippen LogP contribution in [-0.4, -0.2) is 30.3 Å². The molecule has 15 heteroatoms. The fourth-order valence-electron chi connectivity index (χ4n) is 3.68. The van der Waals surface area contributed by atoms with E-state index in [2.05, 4.69) is 20.5 Å². The number of hydrogen-bond acceptors (Lipinski definition) is 4. The van der Waals surface area contributed by atoms with Crippen molar-refractivity contribution in [2.24, 2.45) is 0 Å². The third kappa shape index (κ3) is 5.14. The highest BCUT2D eigenvalue weighted by molar-refractivity contribution is 6.30. The van der Waals surface area contributed by atoms with Gasteiger partial charge >= 0.3 is 6.18 Å². The fraction of sp³-hybridized carbons (Fsp3) is 0.0833. The number of nitrogens with one attached hydrogen (secondary N) is 1. The lowest BCUT2D eigenvalue weighted by atomic mass is 10.1. The van der Waals surface area contributed by atoms with E-state index in [1.54, 1.807) is 0 Å². The molecule has 2 aromatic carbocycles. The van der Waals surface area contributed by atoms with Crippen molar-refractivity contribution in [1.29, 1.82) is 0 Å². The molecule has 3 heterocycles. The predicted octanol–water partition coefficient (Wildman–Crippen LogP) is 6.12. The number of hydrogen-bond donors (Lipinski definition) is 1. The van der Waals surface area contributed by atoms with Gasteiger partial charge < -0.3 is 5.32 Å². The van der Waals surface area contributed by atoms with Crippen LogP contribution in [0.15, 0.2) is 54.7 Å². The predicted molar refractivity (Wildman–Crippen MR) is 124 cm³/mol. The second-order valence-electron chi connectivity index (χ2n) is 8.13. The van der Waals surface area contributed by atoms with Crippen LogP contribution >= 0.6 is 11.6 Å². The number of alkyl halides is 3. The molecular weight excluding hydrogens is 557 g/mol. The van der Waals surface area contributed by atoms with Crippen LogP contribution in [0.3, 0.4) is 0 Å². The molecule has 0 aliphatic carbocycles. The Morgan fingerprint density at radius 2 is 1.59 bits per heavy atom. The van der Waals surface area contributed by atoms with Crippen molar-refractivity contribution in [2.75, 3.05) is 5.32 Å². The maximum atomic E-state index is 13.9. The summed E-state index contributed by atoms with van der Waals surface area (Å²) in [6, 6.07) is 9.00. The fourth-order valence-corrected chi connectivity index (χ4v) is 3.80. The van der Waals surface area contributed by atoms with Crippen LogP contribution in [0.1, 0.15) is 21.7 Å². The Kier molecular flexibility index (Phi) is 6.50. The van der Waals surface area contributed by atoms with Gasteiger partial charge in [-0.2, -0.15) is 23.4 Å². The van der Waals surface area contributed by atoms with Gasteiger partial charge in [-0.25, -0.2) is 27.1 Å². The smallest absolute Gasteiger partial charge is 0.304 e. The van der Waals surface area contributed by atoms with E-state index in [-0.39, 0.29) is 23.2 Å². The Morgan fingerprint density at radius 3 is 2.23 bits per heavy atom. The molecule has 5 rings (SSSR count). The van der Waals surface area contributed by atoms with Gasteiger partial charge in [0.25, 0.3) is 5.91 Å². The molecule has 0 radical (unpaired) electrons. The Labute approximate surface area is 218 Å². The average Bonchev–Trinajstić information content (AvgIpc) is 3.51. The van der Waals surface area contributed by atoms with Gasteiger partial charge in [-0.3, -0.25) is 9.48 Å². The summed E-state index contributed by atoms with van der Waals surface area (Å²) in [5.41, 5.74) is -2.53. The van der Waals surface area contributed by atoms with Gasteiger partial charge in [0.05, 0.1) is 17.8 Å². The zero-order valence-corrected chi connectivity index (χ0v) is 19.8. The number of amides is 1. The van der Waals surface area contributed by atoms with E-state index < -0.39 is 58.8 Å². The minimum atomic E-state index is -4.85. The molecule has 0 spiro atoms. The van der Waals surface area contributed by atoms with Crippen molar-refractivity contribution in [1.82, 2.24) is 24.4 Å². The van der Waals surface area contributed by atoms with E-state index in [0.29, 0.717) is 15.1 Å².